The maximum Gasteiger partial charge on any atom is 0.225 e. The van der Waals surface area contributed by atoms with Crippen LogP contribution in [0.15, 0.2) is 88.9 Å². The predicted molar refractivity (Wildman–Crippen MR) is 134 cm³/mol. The molecule has 1 aliphatic carbocycles. The fourth-order valence-corrected chi connectivity index (χ4v) is 4.81. The molecular formula is C27H32N5O+. The quantitative estimate of drug-likeness (QED) is 0.415. The Bertz CT molecular complexity index is 1070. The SMILES string of the molecule is CCCNCC1CC(N(c2cccc(OCc3ccccc3)c2)[N+]23C=CN=CC2=CN=C3)C1. The molecule has 6 nitrogen and oxygen atoms in total. The van der Waals surface area contributed by atoms with Crippen LogP contribution in [-0.4, -0.2) is 36.3 Å². The van der Waals surface area contributed by atoms with Crippen molar-refractivity contribution in [3.63, 3.8) is 0 Å². The van der Waals surface area contributed by atoms with E-state index in [1.54, 1.807) is 0 Å². The summed E-state index contributed by atoms with van der Waals surface area (Å²) >= 11 is 0. The molecule has 170 valence electrons. The molecule has 0 radical (unpaired) electrons. The molecule has 2 aliphatic heterocycles. The summed E-state index contributed by atoms with van der Waals surface area (Å²) in [5.74, 6) is 1.57. The maximum atomic E-state index is 6.16. The molecule has 0 amide bonds. The van der Waals surface area contributed by atoms with E-state index < -0.39 is 0 Å². The lowest BCUT2D eigenvalue weighted by Gasteiger charge is -2.49. The van der Waals surface area contributed by atoms with Crippen molar-refractivity contribution in [2.24, 2.45) is 15.9 Å². The van der Waals surface area contributed by atoms with Gasteiger partial charge in [-0.25, -0.2) is 10.0 Å². The Morgan fingerprint density at radius 2 is 1.97 bits per heavy atom. The number of nitrogens with one attached hydrogen (secondary N) is 1. The highest BCUT2D eigenvalue weighted by molar-refractivity contribution is 5.82. The van der Waals surface area contributed by atoms with E-state index in [0.717, 1.165) is 48.6 Å². The Labute approximate surface area is 196 Å². The first-order chi connectivity index (χ1) is 16.3. The third-order valence-corrected chi connectivity index (χ3v) is 6.55. The molecule has 0 saturated heterocycles. The van der Waals surface area contributed by atoms with Crippen molar-refractivity contribution < 1.29 is 9.33 Å². The zero-order chi connectivity index (χ0) is 22.5. The number of aliphatic imine (C=N–C) groups is 2. The number of allylic oxidation sites excluding steroid dienone is 1. The minimum atomic E-state index is 0.409. The van der Waals surface area contributed by atoms with Gasteiger partial charge in [-0.05, 0) is 56.0 Å². The summed E-state index contributed by atoms with van der Waals surface area (Å²) in [4.78, 5) is 8.88. The zero-order valence-corrected chi connectivity index (χ0v) is 19.2. The Kier molecular flexibility index (Phi) is 6.37. The van der Waals surface area contributed by atoms with Crippen molar-refractivity contribution in [3.05, 3.63) is 84.5 Å². The van der Waals surface area contributed by atoms with Gasteiger partial charge in [-0.2, -0.15) is 0 Å². The fraction of sp³-hybridized carbons (Fsp3) is 0.333. The van der Waals surface area contributed by atoms with Crippen molar-refractivity contribution in [1.29, 1.82) is 0 Å². The van der Waals surface area contributed by atoms with Crippen LogP contribution in [0.4, 0.5) is 5.69 Å². The van der Waals surface area contributed by atoms with Crippen LogP contribution in [0.3, 0.4) is 0 Å². The number of ether oxygens (including phenoxy) is 1. The Balaban J connectivity index is 1.39. The lowest BCUT2D eigenvalue weighted by atomic mass is 9.79. The van der Waals surface area contributed by atoms with Gasteiger partial charge in [-0.15, -0.1) is 4.59 Å². The molecule has 2 aromatic carbocycles. The zero-order valence-electron chi connectivity index (χ0n) is 19.2. The van der Waals surface area contributed by atoms with Gasteiger partial charge in [0.15, 0.2) is 6.20 Å². The molecular weight excluding hydrogens is 410 g/mol. The van der Waals surface area contributed by atoms with Crippen LogP contribution in [0.25, 0.3) is 0 Å². The van der Waals surface area contributed by atoms with E-state index in [1.165, 1.54) is 6.42 Å². The second kappa shape index (κ2) is 9.73. The lowest BCUT2D eigenvalue weighted by Crippen LogP contribution is -2.63. The van der Waals surface area contributed by atoms with E-state index in [1.807, 2.05) is 49.2 Å². The first kappa shape index (κ1) is 21.6. The van der Waals surface area contributed by atoms with E-state index >= 15 is 0 Å². The van der Waals surface area contributed by atoms with Crippen LogP contribution in [-0.2, 0) is 6.61 Å². The van der Waals surface area contributed by atoms with Crippen molar-refractivity contribution in [1.82, 2.24) is 5.32 Å². The van der Waals surface area contributed by atoms with Crippen LogP contribution in [0.5, 0.6) is 5.75 Å². The topological polar surface area (TPSA) is 49.2 Å². The van der Waals surface area contributed by atoms with Crippen molar-refractivity contribution >= 4 is 18.2 Å². The minimum absolute atomic E-state index is 0.409. The van der Waals surface area contributed by atoms with Gasteiger partial charge in [0, 0.05) is 6.07 Å². The molecule has 3 aliphatic rings. The summed E-state index contributed by atoms with van der Waals surface area (Å²) < 4.78 is 6.61. The summed E-state index contributed by atoms with van der Waals surface area (Å²) in [5.41, 5.74) is 3.35. The molecule has 1 N–H and O–H groups in total. The van der Waals surface area contributed by atoms with Crippen molar-refractivity contribution in [2.75, 3.05) is 18.1 Å². The lowest BCUT2D eigenvalue weighted by molar-refractivity contribution is -0.747. The largest absolute Gasteiger partial charge is 0.489 e. The van der Waals surface area contributed by atoms with Crippen LogP contribution in [0.1, 0.15) is 31.7 Å². The number of nitrogens with zero attached hydrogens (tertiary/aromatic N) is 4. The van der Waals surface area contributed by atoms with E-state index in [-0.39, 0.29) is 0 Å². The number of anilines is 1. The second-order valence-electron chi connectivity index (χ2n) is 8.94. The molecule has 0 spiro atoms. The molecule has 33 heavy (non-hydrogen) atoms. The molecule has 0 bridgehead atoms. The molecule has 2 aromatic rings. The van der Waals surface area contributed by atoms with Gasteiger partial charge in [0.05, 0.1) is 30.3 Å². The number of hydrogen-bond donors (Lipinski definition) is 1. The van der Waals surface area contributed by atoms with Crippen LogP contribution in [0, 0.1) is 5.92 Å². The fourth-order valence-electron chi connectivity index (χ4n) is 4.81. The molecule has 1 atom stereocenters. The van der Waals surface area contributed by atoms with Gasteiger partial charge in [-0.3, -0.25) is 4.99 Å². The number of quaternary nitrogens is 1. The van der Waals surface area contributed by atoms with E-state index in [0.29, 0.717) is 23.2 Å². The predicted octanol–water partition coefficient (Wildman–Crippen LogP) is 5.02. The number of fused-ring (bicyclic) bond motifs is 1. The van der Waals surface area contributed by atoms with Crippen molar-refractivity contribution in [2.45, 2.75) is 38.8 Å². The van der Waals surface area contributed by atoms with Crippen molar-refractivity contribution in [3.8, 4) is 5.75 Å². The highest BCUT2D eigenvalue weighted by Gasteiger charge is 2.48. The summed E-state index contributed by atoms with van der Waals surface area (Å²) in [6.07, 6.45) is 13.3. The van der Waals surface area contributed by atoms with Gasteiger partial charge in [0.25, 0.3) is 0 Å². The van der Waals surface area contributed by atoms with Gasteiger partial charge >= 0.3 is 0 Å². The van der Waals surface area contributed by atoms with E-state index in [4.69, 9.17) is 4.74 Å². The maximum absolute atomic E-state index is 6.16. The van der Waals surface area contributed by atoms with Crippen LogP contribution >= 0.6 is 0 Å². The standard InChI is InChI=1S/C27H32N5O/c1-2-11-28-17-23-14-25(15-23)31(32-13-12-29-18-26(32)19-30-21-32)24-9-6-10-27(16-24)33-20-22-7-4-3-5-8-22/h3-10,12-13,16,18-19,21,23,25,28H,2,11,14-15,17,20H2,1H3/q+1. The highest BCUT2D eigenvalue weighted by Crippen LogP contribution is 2.42. The van der Waals surface area contributed by atoms with E-state index in [2.05, 4.69) is 63.8 Å². The molecule has 5 rings (SSSR count). The summed E-state index contributed by atoms with van der Waals surface area (Å²) in [6, 6.07) is 19.1. The highest BCUT2D eigenvalue weighted by atomic mass is 16.5. The number of benzene rings is 2. The first-order valence-electron chi connectivity index (χ1n) is 11.9. The number of rotatable bonds is 10. The van der Waals surface area contributed by atoms with Crippen LogP contribution in [0.2, 0.25) is 0 Å². The normalized spacial score (nSPS) is 24.8. The Hall–Kier alpha value is -3.22. The van der Waals surface area contributed by atoms with E-state index in [9.17, 15) is 0 Å². The minimum Gasteiger partial charge on any atom is -0.489 e. The van der Waals surface area contributed by atoms with Gasteiger partial charge in [0.2, 0.25) is 12.0 Å². The molecule has 2 heterocycles. The number of hydrogen-bond acceptors (Lipinski definition) is 5. The molecule has 1 saturated carbocycles. The summed E-state index contributed by atoms with van der Waals surface area (Å²) in [6.45, 7) is 4.95. The molecule has 1 unspecified atom stereocenters. The summed E-state index contributed by atoms with van der Waals surface area (Å²) in [5, 5.41) is 6.05. The average molecular weight is 443 g/mol. The molecule has 0 aromatic heterocycles. The van der Waals surface area contributed by atoms with Gasteiger partial charge in [-0.1, -0.05) is 43.3 Å². The second-order valence-corrected chi connectivity index (χ2v) is 8.94. The van der Waals surface area contributed by atoms with Gasteiger partial charge < -0.3 is 10.1 Å². The molecule has 1 fully saturated rings. The summed E-state index contributed by atoms with van der Waals surface area (Å²) in [7, 11) is 0. The average Bonchev–Trinajstić information content (AvgIpc) is 3.27. The van der Waals surface area contributed by atoms with Crippen LogP contribution < -0.4 is 15.1 Å². The molecule has 6 heteroatoms. The first-order valence-corrected chi connectivity index (χ1v) is 11.9. The third-order valence-electron chi connectivity index (χ3n) is 6.55. The van der Waals surface area contributed by atoms with Gasteiger partial charge in [0.1, 0.15) is 12.4 Å². The monoisotopic (exact) mass is 442 g/mol. The Morgan fingerprint density at radius 1 is 1.09 bits per heavy atom. The smallest absolute Gasteiger partial charge is 0.225 e. The Morgan fingerprint density at radius 3 is 2.82 bits per heavy atom. The third kappa shape index (κ3) is 4.49.